The SMILES string of the molecule is CC[C@H](C)[C@@H](C)NC(=O)C1Cc2ccc(C)cc2[C@H]2CCC(=O)N12. The lowest BCUT2D eigenvalue weighted by atomic mass is 9.87. The molecule has 0 aliphatic carbocycles. The second-order valence-corrected chi connectivity index (χ2v) is 7.46. The first-order valence-corrected chi connectivity index (χ1v) is 9.13. The molecule has 1 unspecified atom stereocenters. The van der Waals surface area contributed by atoms with Crippen molar-refractivity contribution in [3.63, 3.8) is 0 Å². The van der Waals surface area contributed by atoms with Crippen molar-refractivity contribution in [3.05, 3.63) is 34.9 Å². The second-order valence-electron chi connectivity index (χ2n) is 7.46. The molecule has 4 atom stereocenters. The maximum atomic E-state index is 12.9. The smallest absolute Gasteiger partial charge is 0.243 e. The van der Waals surface area contributed by atoms with Gasteiger partial charge in [-0.05, 0) is 37.3 Å². The molecule has 130 valence electrons. The van der Waals surface area contributed by atoms with Crippen LogP contribution in [0.15, 0.2) is 18.2 Å². The molecule has 1 aromatic rings. The summed E-state index contributed by atoms with van der Waals surface area (Å²) in [6.07, 6.45) is 3.01. The third-order valence-electron chi connectivity index (χ3n) is 5.83. The van der Waals surface area contributed by atoms with Crippen molar-refractivity contribution in [2.45, 2.75) is 71.5 Å². The molecule has 2 heterocycles. The number of benzene rings is 1. The molecule has 3 rings (SSSR count). The lowest BCUT2D eigenvalue weighted by Gasteiger charge is -2.39. The fraction of sp³-hybridized carbons (Fsp3) is 0.600. The van der Waals surface area contributed by atoms with E-state index in [9.17, 15) is 9.59 Å². The van der Waals surface area contributed by atoms with Crippen LogP contribution in [0, 0.1) is 12.8 Å². The molecule has 1 saturated heterocycles. The summed E-state index contributed by atoms with van der Waals surface area (Å²) in [4.78, 5) is 27.2. The molecule has 1 N–H and O–H groups in total. The number of nitrogens with one attached hydrogen (secondary N) is 1. The molecule has 0 saturated carbocycles. The van der Waals surface area contributed by atoms with Gasteiger partial charge in [0.15, 0.2) is 0 Å². The average Bonchev–Trinajstić information content (AvgIpc) is 2.95. The van der Waals surface area contributed by atoms with E-state index in [2.05, 4.69) is 51.2 Å². The van der Waals surface area contributed by atoms with Gasteiger partial charge in [-0.1, -0.05) is 44.0 Å². The quantitative estimate of drug-likeness (QED) is 0.923. The maximum Gasteiger partial charge on any atom is 0.243 e. The number of rotatable bonds is 4. The molecular weight excluding hydrogens is 300 g/mol. The predicted octanol–water partition coefficient (Wildman–Crippen LogP) is 3.13. The zero-order chi connectivity index (χ0) is 17.4. The highest BCUT2D eigenvalue weighted by Crippen LogP contribution is 2.41. The Bertz CT molecular complexity index is 655. The van der Waals surface area contributed by atoms with Gasteiger partial charge in [-0.25, -0.2) is 0 Å². The number of amides is 2. The highest BCUT2D eigenvalue weighted by atomic mass is 16.2. The Labute approximate surface area is 144 Å². The van der Waals surface area contributed by atoms with Crippen LogP contribution < -0.4 is 5.32 Å². The molecule has 1 fully saturated rings. The average molecular weight is 328 g/mol. The van der Waals surface area contributed by atoms with Crippen LogP contribution in [0.2, 0.25) is 0 Å². The molecular formula is C20H28N2O2. The van der Waals surface area contributed by atoms with E-state index in [0.29, 0.717) is 18.8 Å². The van der Waals surface area contributed by atoms with Crippen LogP contribution in [0.3, 0.4) is 0 Å². The number of hydrogen-bond acceptors (Lipinski definition) is 2. The Morgan fingerprint density at radius 2 is 2.12 bits per heavy atom. The topological polar surface area (TPSA) is 49.4 Å². The maximum absolute atomic E-state index is 12.9. The van der Waals surface area contributed by atoms with Gasteiger partial charge in [0.1, 0.15) is 6.04 Å². The lowest BCUT2D eigenvalue weighted by molar-refractivity contribution is -0.140. The van der Waals surface area contributed by atoms with Crippen LogP contribution >= 0.6 is 0 Å². The minimum Gasteiger partial charge on any atom is -0.352 e. The molecule has 1 aromatic carbocycles. The summed E-state index contributed by atoms with van der Waals surface area (Å²) in [5.41, 5.74) is 3.66. The van der Waals surface area contributed by atoms with Crippen LogP contribution in [0.5, 0.6) is 0 Å². The van der Waals surface area contributed by atoms with Crippen molar-refractivity contribution in [1.82, 2.24) is 10.2 Å². The lowest BCUT2D eigenvalue weighted by Crippen LogP contribution is -2.54. The monoisotopic (exact) mass is 328 g/mol. The first-order chi connectivity index (χ1) is 11.4. The van der Waals surface area contributed by atoms with E-state index in [-0.39, 0.29) is 29.9 Å². The summed E-state index contributed by atoms with van der Waals surface area (Å²) >= 11 is 0. The molecule has 0 radical (unpaired) electrons. The van der Waals surface area contributed by atoms with Gasteiger partial charge in [-0.15, -0.1) is 0 Å². The van der Waals surface area contributed by atoms with Gasteiger partial charge >= 0.3 is 0 Å². The van der Waals surface area contributed by atoms with Crippen LogP contribution in [-0.4, -0.2) is 28.8 Å². The van der Waals surface area contributed by atoms with Crippen molar-refractivity contribution >= 4 is 11.8 Å². The number of aryl methyl sites for hydroxylation is 1. The Balaban J connectivity index is 1.87. The molecule has 0 aromatic heterocycles. The number of carbonyl (C=O) groups is 2. The van der Waals surface area contributed by atoms with E-state index in [1.54, 1.807) is 0 Å². The van der Waals surface area contributed by atoms with Crippen LogP contribution in [0.4, 0.5) is 0 Å². The van der Waals surface area contributed by atoms with Gasteiger partial charge in [-0.2, -0.15) is 0 Å². The number of carbonyl (C=O) groups excluding carboxylic acids is 2. The highest BCUT2D eigenvalue weighted by molar-refractivity contribution is 5.90. The molecule has 2 aliphatic rings. The van der Waals surface area contributed by atoms with E-state index < -0.39 is 0 Å². The first-order valence-electron chi connectivity index (χ1n) is 9.13. The Morgan fingerprint density at radius 1 is 1.38 bits per heavy atom. The first kappa shape index (κ1) is 17.0. The van der Waals surface area contributed by atoms with Crippen LogP contribution in [-0.2, 0) is 16.0 Å². The molecule has 0 bridgehead atoms. The van der Waals surface area contributed by atoms with E-state index in [4.69, 9.17) is 0 Å². The fourth-order valence-electron chi connectivity index (χ4n) is 3.95. The third-order valence-corrected chi connectivity index (χ3v) is 5.83. The van der Waals surface area contributed by atoms with E-state index >= 15 is 0 Å². The largest absolute Gasteiger partial charge is 0.352 e. The highest BCUT2D eigenvalue weighted by Gasteiger charge is 2.44. The molecule has 0 spiro atoms. The van der Waals surface area contributed by atoms with E-state index in [0.717, 1.165) is 12.8 Å². The van der Waals surface area contributed by atoms with Gasteiger partial charge in [0.05, 0.1) is 6.04 Å². The number of fused-ring (bicyclic) bond motifs is 3. The molecule has 2 aliphatic heterocycles. The van der Waals surface area contributed by atoms with E-state index in [1.807, 2.05) is 4.90 Å². The second kappa shape index (κ2) is 6.58. The van der Waals surface area contributed by atoms with Gasteiger partial charge < -0.3 is 10.2 Å². The van der Waals surface area contributed by atoms with Crippen molar-refractivity contribution < 1.29 is 9.59 Å². The number of hydrogen-bond donors (Lipinski definition) is 1. The number of nitrogens with zero attached hydrogens (tertiary/aromatic N) is 1. The summed E-state index contributed by atoms with van der Waals surface area (Å²) in [5, 5.41) is 3.14. The van der Waals surface area contributed by atoms with Crippen LogP contribution in [0.1, 0.15) is 62.8 Å². The zero-order valence-corrected chi connectivity index (χ0v) is 15.1. The standard InChI is InChI=1S/C20H28N2O2/c1-5-13(3)14(4)21-20(24)18-11-15-7-6-12(2)10-16(15)17-8-9-19(23)22(17)18/h6-7,10,13-14,17-18H,5,8-9,11H2,1-4H3,(H,21,24)/t13-,14+,17+,18?/m0/s1. The van der Waals surface area contributed by atoms with Gasteiger partial charge in [-0.3, -0.25) is 9.59 Å². The Morgan fingerprint density at radius 3 is 2.83 bits per heavy atom. The Kier molecular flexibility index (Phi) is 4.66. The van der Waals surface area contributed by atoms with Crippen molar-refractivity contribution in [2.75, 3.05) is 0 Å². The van der Waals surface area contributed by atoms with E-state index in [1.165, 1.54) is 16.7 Å². The van der Waals surface area contributed by atoms with Crippen LogP contribution in [0.25, 0.3) is 0 Å². The summed E-state index contributed by atoms with van der Waals surface area (Å²) in [6, 6.07) is 6.23. The minimum atomic E-state index is -0.369. The third kappa shape index (κ3) is 2.94. The van der Waals surface area contributed by atoms with Gasteiger partial charge in [0.2, 0.25) is 11.8 Å². The minimum absolute atomic E-state index is 0.00530. The summed E-state index contributed by atoms with van der Waals surface area (Å²) in [7, 11) is 0. The van der Waals surface area contributed by atoms with Crippen molar-refractivity contribution in [2.24, 2.45) is 5.92 Å². The van der Waals surface area contributed by atoms with Crippen molar-refractivity contribution in [3.8, 4) is 0 Å². The molecule has 4 heteroatoms. The summed E-state index contributed by atoms with van der Waals surface area (Å²) in [6.45, 7) is 8.41. The van der Waals surface area contributed by atoms with Crippen molar-refractivity contribution in [1.29, 1.82) is 0 Å². The normalized spacial score (nSPS) is 25.0. The molecule has 2 amide bonds. The molecule has 24 heavy (non-hydrogen) atoms. The molecule has 4 nitrogen and oxygen atoms in total. The van der Waals surface area contributed by atoms with Gasteiger partial charge in [0.25, 0.3) is 0 Å². The Hall–Kier alpha value is -1.84. The fourth-order valence-corrected chi connectivity index (χ4v) is 3.95. The van der Waals surface area contributed by atoms with Gasteiger partial charge in [0, 0.05) is 18.9 Å². The predicted molar refractivity (Wildman–Crippen MR) is 94.6 cm³/mol. The summed E-state index contributed by atoms with van der Waals surface area (Å²) in [5.74, 6) is 0.537. The summed E-state index contributed by atoms with van der Waals surface area (Å²) < 4.78 is 0. The zero-order valence-electron chi connectivity index (χ0n) is 15.1.